The van der Waals surface area contributed by atoms with Gasteiger partial charge in [-0.1, -0.05) is 12.8 Å². The summed E-state index contributed by atoms with van der Waals surface area (Å²) in [7, 11) is 1.40. The van der Waals surface area contributed by atoms with E-state index < -0.39 is 0 Å². The molecule has 0 aromatic carbocycles. The Hall–Kier alpha value is -1.26. The second-order valence-corrected chi connectivity index (χ2v) is 5.12. The maximum absolute atomic E-state index is 12.3. The van der Waals surface area contributed by atoms with Gasteiger partial charge in [-0.3, -0.25) is 4.79 Å². The lowest BCUT2D eigenvalue weighted by molar-refractivity contribution is -0.135. The quantitative estimate of drug-likeness (QED) is 0.712. The van der Waals surface area contributed by atoms with E-state index in [0.717, 1.165) is 25.8 Å². The Kier molecular flexibility index (Phi) is 4.44. The molecule has 2 rings (SSSR count). The minimum Gasteiger partial charge on any atom is -0.453 e. The molecular weight excluding hydrogens is 232 g/mol. The highest BCUT2D eigenvalue weighted by Crippen LogP contribution is 2.26. The van der Waals surface area contributed by atoms with Gasteiger partial charge < -0.3 is 14.5 Å². The summed E-state index contributed by atoms with van der Waals surface area (Å²) in [4.78, 5) is 27.4. The van der Waals surface area contributed by atoms with E-state index in [4.69, 9.17) is 4.74 Å². The first-order valence-electron chi connectivity index (χ1n) is 6.84. The highest BCUT2D eigenvalue weighted by Gasteiger charge is 2.29. The van der Waals surface area contributed by atoms with Crippen LogP contribution in [0.5, 0.6) is 0 Å². The Morgan fingerprint density at radius 3 is 2.22 bits per heavy atom. The first-order valence-corrected chi connectivity index (χ1v) is 6.84. The molecule has 5 nitrogen and oxygen atoms in total. The van der Waals surface area contributed by atoms with Crippen LogP contribution in [0.3, 0.4) is 0 Å². The molecule has 0 spiro atoms. The third-order valence-corrected chi connectivity index (χ3v) is 3.94. The van der Waals surface area contributed by atoms with Gasteiger partial charge in [0.1, 0.15) is 0 Å². The van der Waals surface area contributed by atoms with Gasteiger partial charge in [0.05, 0.1) is 7.11 Å². The summed E-state index contributed by atoms with van der Waals surface area (Å²) in [5.41, 5.74) is 0. The summed E-state index contributed by atoms with van der Waals surface area (Å²) < 4.78 is 4.72. The van der Waals surface area contributed by atoms with Crippen molar-refractivity contribution in [3.63, 3.8) is 0 Å². The van der Waals surface area contributed by atoms with Crippen molar-refractivity contribution in [3.05, 3.63) is 0 Å². The smallest absolute Gasteiger partial charge is 0.409 e. The number of hydrogen-bond donors (Lipinski definition) is 0. The van der Waals surface area contributed by atoms with E-state index in [1.807, 2.05) is 4.90 Å². The average Bonchev–Trinajstić information content (AvgIpc) is 2.81. The van der Waals surface area contributed by atoms with Crippen LogP contribution < -0.4 is 0 Å². The fraction of sp³-hybridized carbons (Fsp3) is 0.846. The summed E-state index contributed by atoms with van der Waals surface area (Å²) >= 11 is 0. The molecule has 102 valence electrons. The van der Waals surface area contributed by atoms with E-state index in [-0.39, 0.29) is 12.0 Å². The first kappa shape index (κ1) is 13.2. The Balaban J connectivity index is 1.88. The molecule has 1 aliphatic heterocycles. The summed E-state index contributed by atoms with van der Waals surface area (Å²) in [6.07, 6.45) is 4.99. The molecule has 0 aromatic heterocycles. The van der Waals surface area contributed by atoms with E-state index in [1.54, 1.807) is 4.90 Å². The number of rotatable bonds is 1. The predicted octanol–water partition coefficient (Wildman–Crippen LogP) is 1.48. The Morgan fingerprint density at radius 2 is 1.56 bits per heavy atom. The second-order valence-electron chi connectivity index (χ2n) is 5.12. The number of carbonyl (C=O) groups is 2. The van der Waals surface area contributed by atoms with Crippen molar-refractivity contribution >= 4 is 12.0 Å². The SMILES string of the molecule is COC(=O)N1CCCN(C(=O)C2CCCC2)CC1. The molecular formula is C13H22N2O3. The van der Waals surface area contributed by atoms with Crippen molar-refractivity contribution in [2.24, 2.45) is 5.92 Å². The second kappa shape index (κ2) is 6.07. The average molecular weight is 254 g/mol. The van der Waals surface area contributed by atoms with Crippen LogP contribution in [0.4, 0.5) is 4.79 Å². The lowest BCUT2D eigenvalue weighted by Gasteiger charge is -2.24. The van der Waals surface area contributed by atoms with Gasteiger partial charge in [-0.25, -0.2) is 4.79 Å². The van der Waals surface area contributed by atoms with Crippen LogP contribution in [-0.4, -0.2) is 55.1 Å². The Morgan fingerprint density at radius 1 is 0.944 bits per heavy atom. The number of methoxy groups -OCH3 is 1. The third kappa shape index (κ3) is 2.94. The molecule has 18 heavy (non-hydrogen) atoms. The maximum atomic E-state index is 12.3. The van der Waals surface area contributed by atoms with Gasteiger partial charge >= 0.3 is 6.09 Å². The van der Waals surface area contributed by atoms with Crippen LogP contribution in [0.15, 0.2) is 0 Å². The van der Waals surface area contributed by atoms with Crippen LogP contribution in [0, 0.1) is 5.92 Å². The Labute approximate surface area is 108 Å². The number of nitrogens with zero attached hydrogens (tertiary/aromatic N) is 2. The standard InChI is InChI=1S/C13H22N2O3/c1-18-13(17)15-8-4-7-14(9-10-15)12(16)11-5-2-3-6-11/h11H,2-10H2,1H3. The van der Waals surface area contributed by atoms with Crippen LogP contribution in [0.25, 0.3) is 0 Å². The van der Waals surface area contributed by atoms with Crippen molar-refractivity contribution in [2.45, 2.75) is 32.1 Å². The molecule has 0 radical (unpaired) electrons. The molecule has 0 bridgehead atoms. The molecule has 1 aliphatic carbocycles. The Bertz CT molecular complexity index is 313. The summed E-state index contributed by atoms with van der Waals surface area (Å²) in [5, 5.41) is 0. The molecule has 0 unspecified atom stereocenters. The van der Waals surface area contributed by atoms with Gasteiger partial charge in [-0.05, 0) is 19.3 Å². The highest BCUT2D eigenvalue weighted by atomic mass is 16.5. The highest BCUT2D eigenvalue weighted by molar-refractivity contribution is 5.79. The van der Waals surface area contributed by atoms with Gasteiger partial charge in [0.25, 0.3) is 0 Å². The first-order chi connectivity index (χ1) is 8.72. The van der Waals surface area contributed by atoms with Gasteiger partial charge in [0, 0.05) is 32.1 Å². The number of amides is 2. The van der Waals surface area contributed by atoms with E-state index >= 15 is 0 Å². The van der Waals surface area contributed by atoms with Crippen molar-refractivity contribution in [1.29, 1.82) is 0 Å². The fourth-order valence-electron chi connectivity index (χ4n) is 2.88. The molecule has 0 atom stereocenters. The van der Waals surface area contributed by atoms with Crippen molar-refractivity contribution < 1.29 is 14.3 Å². The minimum absolute atomic E-state index is 0.231. The topological polar surface area (TPSA) is 49.9 Å². The molecule has 1 saturated carbocycles. The zero-order chi connectivity index (χ0) is 13.0. The van der Waals surface area contributed by atoms with Crippen molar-refractivity contribution in [3.8, 4) is 0 Å². The van der Waals surface area contributed by atoms with Gasteiger partial charge in [-0.2, -0.15) is 0 Å². The normalized spacial score (nSPS) is 21.8. The van der Waals surface area contributed by atoms with E-state index in [2.05, 4.69) is 0 Å². The molecule has 0 N–H and O–H groups in total. The zero-order valence-corrected chi connectivity index (χ0v) is 11.1. The van der Waals surface area contributed by atoms with Gasteiger partial charge in [-0.15, -0.1) is 0 Å². The molecule has 5 heteroatoms. The molecule has 2 aliphatic rings. The molecule has 2 fully saturated rings. The third-order valence-electron chi connectivity index (χ3n) is 3.94. The van der Waals surface area contributed by atoms with Gasteiger partial charge in [0.15, 0.2) is 0 Å². The largest absolute Gasteiger partial charge is 0.453 e. The number of hydrogen-bond acceptors (Lipinski definition) is 3. The van der Waals surface area contributed by atoms with E-state index in [0.29, 0.717) is 25.5 Å². The molecule has 1 heterocycles. The van der Waals surface area contributed by atoms with Gasteiger partial charge in [0.2, 0.25) is 5.91 Å². The summed E-state index contributed by atoms with van der Waals surface area (Å²) in [5.74, 6) is 0.522. The number of carbonyl (C=O) groups excluding carboxylic acids is 2. The zero-order valence-electron chi connectivity index (χ0n) is 11.1. The lowest BCUT2D eigenvalue weighted by atomic mass is 10.1. The predicted molar refractivity (Wildman–Crippen MR) is 67.1 cm³/mol. The molecule has 1 saturated heterocycles. The van der Waals surface area contributed by atoms with Crippen LogP contribution in [0.2, 0.25) is 0 Å². The maximum Gasteiger partial charge on any atom is 0.409 e. The number of ether oxygens (including phenoxy) is 1. The van der Waals surface area contributed by atoms with E-state index in [9.17, 15) is 9.59 Å². The van der Waals surface area contributed by atoms with Crippen molar-refractivity contribution in [2.75, 3.05) is 33.3 Å². The summed E-state index contributed by atoms with van der Waals surface area (Å²) in [6.45, 7) is 2.68. The fourth-order valence-corrected chi connectivity index (χ4v) is 2.88. The van der Waals surface area contributed by atoms with Crippen LogP contribution in [0.1, 0.15) is 32.1 Å². The van der Waals surface area contributed by atoms with Crippen LogP contribution in [-0.2, 0) is 9.53 Å². The molecule has 0 aromatic rings. The molecule has 2 amide bonds. The lowest BCUT2D eigenvalue weighted by Crippen LogP contribution is -2.39. The van der Waals surface area contributed by atoms with Crippen molar-refractivity contribution in [1.82, 2.24) is 9.80 Å². The minimum atomic E-state index is -0.287. The monoisotopic (exact) mass is 254 g/mol. The van der Waals surface area contributed by atoms with E-state index in [1.165, 1.54) is 20.0 Å². The van der Waals surface area contributed by atoms with Crippen LogP contribution >= 0.6 is 0 Å². The summed E-state index contributed by atoms with van der Waals surface area (Å²) in [6, 6.07) is 0.